The summed E-state index contributed by atoms with van der Waals surface area (Å²) in [5, 5.41) is 6.13. The summed E-state index contributed by atoms with van der Waals surface area (Å²) in [6.45, 7) is 3.31. The zero-order valence-corrected chi connectivity index (χ0v) is 11.9. The molecule has 5 nitrogen and oxygen atoms in total. The molecule has 0 radical (unpaired) electrons. The van der Waals surface area contributed by atoms with Gasteiger partial charge in [0.25, 0.3) is 0 Å². The summed E-state index contributed by atoms with van der Waals surface area (Å²) in [4.78, 5) is 12.1. The van der Waals surface area contributed by atoms with Gasteiger partial charge in [-0.3, -0.25) is 4.79 Å². The van der Waals surface area contributed by atoms with E-state index in [-0.39, 0.29) is 11.8 Å². The van der Waals surface area contributed by atoms with Gasteiger partial charge in [0.05, 0.1) is 12.5 Å². The smallest absolute Gasteiger partial charge is 0.226 e. The van der Waals surface area contributed by atoms with Gasteiger partial charge in [0.15, 0.2) is 0 Å². The number of rotatable bonds is 7. The molecule has 1 aromatic rings. The number of amides is 1. The Balaban J connectivity index is 1.69. The van der Waals surface area contributed by atoms with Crippen LogP contribution < -0.4 is 15.4 Å². The molecule has 1 amide bonds. The van der Waals surface area contributed by atoms with Crippen LogP contribution in [-0.4, -0.2) is 45.9 Å². The highest BCUT2D eigenvalue weighted by Gasteiger charge is 2.25. The molecule has 1 unspecified atom stereocenters. The molecule has 110 valence electrons. The van der Waals surface area contributed by atoms with Crippen LogP contribution in [-0.2, 0) is 16.0 Å². The zero-order valence-electron chi connectivity index (χ0n) is 11.9. The second-order valence-corrected chi connectivity index (χ2v) is 4.85. The number of benzene rings is 1. The number of hydrogen-bond donors (Lipinski definition) is 2. The highest BCUT2D eigenvalue weighted by molar-refractivity contribution is 5.79. The van der Waals surface area contributed by atoms with E-state index in [1.807, 2.05) is 24.3 Å². The summed E-state index contributed by atoms with van der Waals surface area (Å²) in [7, 11) is 1.67. The molecular weight excluding hydrogens is 256 g/mol. The van der Waals surface area contributed by atoms with Crippen molar-refractivity contribution in [1.82, 2.24) is 10.6 Å². The van der Waals surface area contributed by atoms with Crippen LogP contribution in [0.25, 0.3) is 0 Å². The van der Waals surface area contributed by atoms with Gasteiger partial charge in [-0.1, -0.05) is 18.2 Å². The summed E-state index contributed by atoms with van der Waals surface area (Å²) in [5.74, 6) is 0.870. The molecule has 0 saturated carbocycles. The number of fused-ring (bicyclic) bond motifs is 1. The SMILES string of the molecule is COCCNCCNC(=O)C1COc2ccccc2C1. The normalized spacial score (nSPS) is 17.1. The number of carbonyl (C=O) groups is 1. The van der Waals surface area contributed by atoms with Crippen molar-refractivity contribution >= 4 is 5.91 Å². The Bertz CT molecular complexity index is 437. The first-order valence-corrected chi connectivity index (χ1v) is 6.99. The fraction of sp³-hybridized carbons (Fsp3) is 0.533. The van der Waals surface area contributed by atoms with E-state index in [0.717, 1.165) is 30.8 Å². The van der Waals surface area contributed by atoms with Gasteiger partial charge in [-0.25, -0.2) is 0 Å². The number of carbonyl (C=O) groups excluding carboxylic acids is 1. The van der Waals surface area contributed by atoms with E-state index in [2.05, 4.69) is 10.6 Å². The van der Waals surface area contributed by atoms with Crippen molar-refractivity contribution in [3.63, 3.8) is 0 Å². The highest BCUT2D eigenvalue weighted by Crippen LogP contribution is 2.26. The molecule has 0 spiro atoms. The second-order valence-electron chi connectivity index (χ2n) is 4.85. The standard InChI is InChI=1S/C15H22N2O3/c1-19-9-8-16-6-7-17-15(18)13-10-12-4-2-3-5-14(12)20-11-13/h2-5,13,16H,6-11H2,1H3,(H,17,18). The quantitative estimate of drug-likeness (QED) is 0.717. The molecule has 0 fully saturated rings. The Labute approximate surface area is 119 Å². The minimum Gasteiger partial charge on any atom is -0.492 e. The van der Waals surface area contributed by atoms with Crippen LogP contribution in [0, 0.1) is 5.92 Å². The Morgan fingerprint density at radius 2 is 2.20 bits per heavy atom. The highest BCUT2D eigenvalue weighted by atomic mass is 16.5. The largest absolute Gasteiger partial charge is 0.492 e. The van der Waals surface area contributed by atoms with Crippen molar-refractivity contribution in [3.05, 3.63) is 29.8 Å². The van der Waals surface area contributed by atoms with E-state index in [9.17, 15) is 4.79 Å². The number of nitrogens with one attached hydrogen (secondary N) is 2. The van der Waals surface area contributed by atoms with Gasteiger partial charge in [0.2, 0.25) is 5.91 Å². The van der Waals surface area contributed by atoms with E-state index < -0.39 is 0 Å². The fourth-order valence-corrected chi connectivity index (χ4v) is 2.21. The van der Waals surface area contributed by atoms with Gasteiger partial charge in [-0.05, 0) is 18.1 Å². The lowest BCUT2D eigenvalue weighted by atomic mass is 9.96. The second kappa shape index (κ2) is 7.87. The molecular formula is C15H22N2O3. The van der Waals surface area contributed by atoms with Crippen LogP contribution >= 0.6 is 0 Å². The van der Waals surface area contributed by atoms with E-state index >= 15 is 0 Å². The monoisotopic (exact) mass is 278 g/mol. The third-order valence-corrected chi connectivity index (χ3v) is 3.33. The minimum absolute atomic E-state index is 0.0630. The number of ether oxygens (including phenoxy) is 2. The van der Waals surface area contributed by atoms with Crippen LogP contribution in [0.4, 0.5) is 0 Å². The van der Waals surface area contributed by atoms with Crippen LogP contribution in [0.1, 0.15) is 5.56 Å². The van der Waals surface area contributed by atoms with Gasteiger partial charge < -0.3 is 20.1 Å². The van der Waals surface area contributed by atoms with Crippen molar-refractivity contribution in [2.75, 3.05) is 40.0 Å². The molecule has 1 aliphatic heterocycles. The number of para-hydroxylation sites is 1. The molecule has 2 N–H and O–H groups in total. The van der Waals surface area contributed by atoms with Crippen molar-refractivity contribution in [3.8, 4) is 5.75 Å². The van der Waals surface area contributed by atoms with E-state index in [0.29, 0.717) is 19.8 Å². The third kappa shape index (κ3) is 4.21. The van der Waals surface area contributed by atoms with Gasteiger partial charge in [0.1, 0.15) is 12.4 Å². The zero-order chi connectivity index (χ0) is 14.2. The number of hydrogen-bond acceptors (Lipinski definition) is 4. The Morgan fingerprint density at radius 1 is 1.35 bits per heavy atom. The number of methoxy groups -OCH3 is 1. The molecule has 1 atom stereocenters. The molecule has 1 aliphatic rings. The molecule has 0 aromatic heterocycles. The molecule has 1 heterocycles. The van der Waals surface area contributed by atoms with E-state index in [1.165, 1.54) is 0 Å². The average molecular weight is 278 g/mol. The minimum atomic E-state index is -0.0936. The first kappa shape index (κ1) is 14.8. The molecule has 0 bridgehead atoms. The molecule has 0 aliphatic carbocycles. The summed E-state index contributed by atoms with van der Waals surface area (Å²) < 4.78 is 10.6. The lowest BCUT2D eigenvalue weighted by Gasteiger charge is -2.24. The lowest BCUT2D eigenvalue weighted by Crippen LogP contribution is -2.40. The first-order valence-electron chi connectivity index (χ1n) is 6.99. The summed E-state index contributed by atoms with van der Waals surface area (Å²) >= 11 is 0. The maximum atomic E-state index is 12.1. The van der Waals surface area contributed by atoms with E-state index in [1.54, 1.807) is 7.11 Å². The van der Waals surface area contributed by atoms with Gasteiger partial charge >= 0.3 is 0 Å². The van der Waals surface area contributed by atoms with Crippen LogP contribution in [0.3, 0.4) is 0 Å². The molecule has 1 aromatic carbocycles. The molecule has 0 saturated heterocycles. The third-order valence-electron chi connectivity index (χ3n) is 3.33. The maximum absolute atomic E-state index is 12.1. The van der Waals surface area contributed by atoms with Gasteiger partial charge in [-0.2, -0.15) is 0 Å². The predicted molar refractivity (Wildman–Crippen MR) is 76.9 cm³/mol. The summed E-state index contributed by atoms with van der Waals surface area (Å²) in [6.07, 6.45) is 0.749. The van der Waals surface area contributed by atoms with Crippen LogP contribution in [0.15, 0.2) is 24.3 Å². The van der Waals surface area contributed by atoms with Gasteiger partial charge in [0, 0.05) is 26.7 Å². The first-order chi connectivity index (χ1) is 9.81. The Morgan fingerprint density at radius 3 is 3.05 bits per heavy atom. The van der Waals surface area contributed by atoms with Crippen LogP contribution in [0.2, 0.25) is 0 Å². The fourth-order valence-electron chi connectivity index (χ4n) is 2.21. The van der Waals surface area contributed by atoms with Crippen molar-refractivity contribution in [2.24, 2.45) is 5.92 Å². The van der Waals surface area contributed by atoms with Crippen molar-refractivity contribution in [2.45, 2.75) is 6.42 Å². The average Bonchev–Trinajstić information content (AvgIpc) is 2.50. The summed E-state index contributed by atoms with van der Waals surface area (Å²) in [5.41, 5.74) is 1.11. The topological polar surface area (TPSA) is 59.6 Å². The maximum Gasteiger partial charge on any atom is 0.226 e. The van der Waals surface area contributed by atoms with E-state index in [4.69, 9.17) is 9.47 Å². The summed E-state index contributed by atoms with van der Waals surface area (Å²) in [6, 6.07) is 7.89. The van der Waals surface area contributed by atoms with Gasteiger partial charge in [-0.15, -0.1) is 0 Å². The molecule has 5 heteroatoms. The van der Waals surface area contributed by atoms with Crippen molar-refractivity contribution in [1.29, 1.82) is 0 Å². The predicted octanol–water partition coefficient (Wildman–Crippen LogP) is 0.590. The Hall–Kier alpha value is -1.59. The van der Waals surface area contributed by atoms with Crippen molar-refractivity contribution < 1.29 is 14.3 Å². The van der Waals surface area contributed by atoms with Crippen LogP contribution in [0.5, 0.6) is 5.75 Å². The molecule has 20 heavy (non-hydrogen) atoms. The molecule has 2 rings (SSSR count). The lowest BCUT2D eigenvalue weighted by molar-refractivity contribution is -0.126. The Kier molecular flexibility index (Phi) is 5.83.